The van der Waals surface area contributed by atoms with E-state index in [1.165, 1.54) is 6.07 Å². The number of hydrogen-bond acceptors (Lipinski definition) is 5. The molecule has 0 radical (unpaired) electrons. The number of halogens is 1. The van der Waals surface area contributed by atoms with Gasteiger partial charge in [0.25, 0.3) is 11.8 Å². The van der Waals surface area contributed by atoms with Crippen molar-refractivity contribution >= 4 is 23.1 Å². The third kappa shape index (κ3) is 3.90. The molecule has 3 aromatic rings. The van der Waals surface area contributed by atoms with Crippen molar-refractivity contribution in [1.82, 2.24) is 4.90 Å². The van der Waals surface area contributed by atoms with Crippen molar-refractivity contribution in [1.29, 1.82) is 0 Å². The molecule has 0 spiro atoms. The van der Waals surface area contributed by atoms with Crippen molar-refractivity contribution in [3.8, 4) is 11.5 Å². The number of benzene rings is 3. The van der Waals surface area contributed by atoms with E-state index in [9.17, 15) is 14.0 Å². The Kier molecular flexibility index (Phi) is 5.53. The van der Waals surface area contributed by atoms with Crippen molar-refractivity contribution in [2.45, 2.75) is 20.4 Å². The van der Waals surface area contributed by atoms with Gasteiger partial charge in [0.05, 0.1) is 12.1 Å². The number of fused-ring (bicyclic) bond motifs is 1. The minimum absolute atomic E-state index is 0.140. The van der Waals surface area contributed by atoms with Gasteiger partial charge in [-0.2, -0.15) is 0 Å². The van der Waals surface area contributed by atoms with E-state index < -0.39 is 17.6 Å². The first kappa shape index (κ1) is 21.7. The fourth-order valence-electron chi connectivity index (χ4n) is 4.06. The van der Waals surface area contributed by atoms with Crippen molar-refractivity contribution in [2.75, 3.05) is 18.5 Å². The Morgan fingerprint density at radius 2 is 1.65 bits per heavy atom. The van der Waals surface area contributed by atoms with Crippen LogP contribution in [0.4, 0.5) is 10.1 Å². The lowest BCUT2D eigenvalue weighted by atomic mass is 9.99. The van der Waals surface area contributed by atoms with Crippen LogP contribution >= 0.6 is 0 Å². The first-order valence-electron chi connectivity index (χ1n) is 11.0. The lowest BCUT2D eigenvalue weighted by Gasteiger charge is -2.19. The van der Waals surface area contributed by atoms with Crippen LogP contribution in [0.15, 0.2) is 66.4 Å². The number of carbonyl (C=O) groups is 2. The normalized spacial score (nSPS) is 15.2. The Morgan fingerprint density at radius 3 is 2.41 bits per heavy atom. The Labute approximate surface area is 196 Å². The molecule has 5 rings (SSSR count). The van der Waals surface area contributed by atoms with Crippen molar-refractivity contribution in [2.24, 2.45) is 0 Å². The average Bonchev–Trinajstić information content (AvgIpc) is 3.06. The van der Waals surface area contributed by atoms with Gasteiger partial charge < -0.3 is 14.8 Å². The van der Waals surface area contributed by atoms with Gasteiger partial charge in [0, 0.05) is 17.3 Å². The number of aryl methyl sites for hydroxylation is 2. The van der Waals surface area contributed by atoms with Crippen LogP contribution in [0.25, 0.3) is 5.57 Å². The molecule has 1 N–H and O–H groups in total. The summed E-state index contributed by atoms with van der Waals surface area (Å²) in [5, 5.41) is 3.12. The van der Waals surface area contributed by atoms with Gasteiger partial charge in [0.2, 0.25) is 0 Å². The third-order valence-electron chi connectivity index (χ3n) is 6.06. The number of anilines is 1. The first-order chi connectivity index (χ1) is 16.4. The molecule has 0 atom stereocenters. The lowest BCUT2D eigenvalue weighted by molar-refractivity contribution is -0.137. The van der Waals surface area contributed by atoms with E-state index in [1.807, 2.05) is 32.0 Å². The number of nitrogens with zero attached hydrogens (tertiary/aromatic N) is 1. The zero-order valence-electron chi connectivity index (χ0n) is 18.9. The van der Waals surface area contributed by atoms with Crippen LogP contribution in [-0.4, -0.2) is 29.9 Å². The summed E-state index contributed by atoms with van der Waals surface area (Å²) in [6, 6.07) is 17.0. The van der Waals surface area contributed by atoms with Gasteiger partial charge in [-0.15, -0.1) is 0 Å². The monoisotopic (exact) mass is 458 g/mol. The number of rotatable bonds is 5. The van der Waals surface area contributed by atoms with E-state index in [2.05, 4.69) is 5.32 Å². The molecule has 2 amide bonds. The highest BCUT2D eigenvalue weighted by Crippen LogP contribution is 2.36. The van der Waals surface area contributed by atoms with E-state index in [-0.39, 0.29) is 23.4 Å². The second kappa shape index (κ2) is 8.67. The summed E-state index contributed by atoms with van der Waals surface area (Å²) in [5.41, 5.74) is 3.93. The molecule has 0 aliphatic carbocycles. The number of imide groups is 1. The highest BCUT2D eigenvalue weighted by atomic mass is 19.1. The lowest BCUT2D eigenvalue weighted by Crippen LogP contribution is -2.32. The maximum absolute atomic E-state index is 14.3. The van der Waals surface area contributed by atoms with Crippen LogP contribution in [0, 0.1) is 19.7 Å². The number of hydrogen-bond donors (Lipinski definition) is 1. The molecule has 2 aliphatic heterocycles. The average molecular weight is 458 g/mol. The van der Waals surface area contributed by atoms with E-state index in [1.54, 1.807) is 36.4 Å². The number of amides is 2. The second-order valence-electron chi connectivity index (χ2n) is 8.32. The minimum atomic E-state index is -0.517. The van der Waals surface area contributed by atoms with Gasteiger partial charge in [0.15, 0.2) is 11.5 Å². The second-order valence-corrected chi connectivity index (χ2v) is 8.32. The molecule has 2 heterocycles. The Balaban J connectivity index is 1.55. The molecule has 34 heavy (non-hydrogen) atoms. The zero-order valence-corrected chi connectivity index (χ0v) is 18.9. The summed E-state index contributed by atoms with van der Waals surface area (Å²) in [4.78, 5) is 28.0. The molecule has 172 valence electrons. The largest absolute Gasteiger partial charge is 0.486 e. The van der Waals surface area contributed by atoms with E-state index in [4.69, 9.17) is 9.47 Å². The van der Waals surface area contributed by atoms with Crippen molar-refractivity contribution in [3.63, 3.8) is 0 Å². The quantitative estimate of drug-likeness (QED) is 0.566. The summed E-state index contributed by atoms with van der Waals surface area (Å²) >= 11 is 0. The molecule has 6 nitrogen and oxygen atoms in total. The van der Waals surface area contributed by atoms with Gasteiger partial charge in [-0.25, -0.2) is 4.39 Å². The molecule has 0 fully saturated rings. The maximum Gasteiger partial charge on any atom is 0.278 e. The van der Waals surface area contributed by atoms with Gasteiger partial charge in [-0.1, -0.05) is 36.4 Å². The van der Waals surface area contributed by atoms with Crippen LogP contribution in [0.2, 0.25) is 0 Å². The highest BCUT2D eigenvalue weighted by molar-refractivity contribution is 6.36. The molecule has 0 bridgehead atoms. The van der Waals surface area contributed by atoms with Crippen molar-refractivity contribution < 1.29 is 23.5 Å². The molecular formula is C27H23FN2O4. The minimum Gasteiger partial charge on any atom is -0.486 e. The third-order valence-corrected chi connectivity index (χ3v) is 6.06. The molecule has 0 saturated heterocycles. The Morgan fingerprint density at radius 1 is 0.882 bits per heavy atom. The predicted octanol–water partition coefficient (Wildman–Crippen LogP) is 4.61. The topological polar surface area (TPSA) is 67.9 Å². The Hall–Kier alpha value is -4.13. The fraction of sp³-hybridized carbons (Fsp3) is 0.185. The fourth-order valence-corrected chi connectivity index (χ4v) is 4.06. The summed E-state index contributed by atoms with van der Waals surface area (Å²) < 4.78 is 25.5. The molecule has 0 aromatic heterocycles. The van der Waals surface area contributed by atoms with Gasteiger partial charge >= 0.3 is 0 Å². The molecular weight excluding hydrogens is 435 g/mol. The van der Waals surface area contributed by atoms with Crippen LogP contribution in [0.5, 0.6) is 11.5 Å². The van der Waals surface area contributed by atoms with Crippen LogP contribution in [0.3, 0.4) is 0 Å². The van der Waals surface area contributed by atoms with Crippen LogP contribution < -0.4 is 14.8 Å². The first-order valence-corrected chi connectivity index (χ1v) is 11.0. The van der Waals surface area contributed by atoms with Crippen molar-refractivity contribution in [3.05, 3.63) is 94.4 Å². The highest BCUT2D eigenvalue weighted by Gasteiger charge is 2.39. The molecule has 0 unspecified atom stereocenters. The zero-order chi connectivity index (χ0) is 23.8. The summed E-state index contributed by atoms with van der Waals surface area (Å²) in [6.45, 7) is 4.67. The smallest absolute Gasteiger partial charge is 0.278 e. The number of carbonyl (C=O) groups excluding carboxylic acids is 2. The standard InChI is InChI=1S/C27H23FN2O4/c1-16-7-8-18(13-17(16)2)24-25(29-20-9-10-22-23(14-20)34-12-11-33-22)27(32)30(26(24)31)15-19-5-3-4-6-21(19)28/h3-10,13-14,29H,11-12,15H2,1-2H3. The van der Waals surface area contributed by atoms with Gasteiger partial charge in [-0.3, -0.25) is 14.5 Å². The van der Waals surface area contributed by atoms with Gasteiger partial charge in [0.1, 0.15) is 24.7 Å². The summed E-state index contributed by atoms with van der Waals surface area (Å²) in [6.07, 6.45) is 0. The van der Waals surface area contributed by atoms with E-state index in [0.717, 1.165) is 16.0 Å². The number of nitrogens with one attached hydrogen (secondary N) is 1. The summed E-state index contributed by atoms with van der Waals surface area (Å²) in [5.74, 6) is -0.281. The molecule has 2 aliphatic rings. The molecule has 0 saturated carbocycles. The molecule has 7 heteroatoms. The Bertz CT molecular complexity index is 1350. The molecule has 3 aromatic carbocycles. The van der Waals surface area contributed by atoms with Crippen LogP contribution in [-0.2, 0) is 16.1 Å². The van der Waals surface area contributed by atoms with Crippen LogP contribution in [0.1, 0.15) is 22.3 Å². The number of ether oxygens (including phenoxy) is 2. The maximum atomic E-state index is 14.3. The van der Waals surface area contributed by atoms with Gasteiger partial charge in [-0.05, 0) is 48.7 Å². The van der Waals surface area contributed by atoms with E-state index in [0.29, 0.717) is 36.0 Å². The van der Waals surface area contributed by atoms with E-state index >= 15 is 0 Å². The summed E-state index contributed by atoms with van der Waals surface area (Å²) in [7, 11) is 0. The predicted molar refractivity (Wildman–Crippen MR) is 126 cm³/mol. The SMILES string of the molecule is Cc1ccc(C2=C(Nc3ccc4c(c3)OCCO4)C(=O)N(Cc3ccccc3F)C2=O)cc1C.